The third-order valence-electron chi connectivity index (χ3n) is 2.50. The molecule has 0 radical (unpaired) electrons. The highest BCUT2D eigenvalue weighted by atomic mass is 79.9. The first-order valence-corrected chi connectivity index (χ1v) is 6.35. The number of carbonyl (C=O) groups is 1. The summed E-state index contributed by atoms with van der Waals surface area (Å²) in [6, 6.07) is 4.06. The van der Waals surface area contributed by atoms with Gasteiger partial charge < -0.3 is 5.32 Å². The van der Waals surface area contributed by atoms with E-state index in [0.717, 1.165) is 24.4 Å². The zero-order valence-corrected chi connectivity index (χ0v) is 11.8. The number of hydrogen-bond acceptors (Lipinski definition) is 2. The average molecular weight is 363 g/mol. The Morgan fingerprint density at radius 2 is 1.95 bits per heavy atom. The first-order valence-electron chi connectivity index (χ1n) is 5.56. The fourth-order valence-electron chi connectivity index (χ4n) is 1.58. The zero-order chi connectivity index (χ0) is 15.6. The number of rotatable bonds is 2. The number of anilines is 1. The van der Waals surface area contributed by atoms with Crippen LogP contribution in [0.2, 0.25) is 0 Å². The van der Waals surface area contributed by atoms with Gasteiger partial charge in [-0.15, -0.1) is 0 Å². The number of hydrogen-bond donors (Lipinski definition) is 1. The van der Waals surface area contributed by atoms with Gasteiger partial charge in [0.1, 0.15) is 0 Å². The van der Waals surface area contributed by atoms with Crippen LogP contribution in [-0.4, -0.2) is 10.9 Å². The predicted molar refractivity (Wildman–Crippen MR) is 71.3 cm³/mol. The number of pyridine rings is 1. The number of carbonyl (C=O) groups excluding carboxylic acids is 1. The first kappa shape index (κ1) is 15.4. The van der Waals surface area contributed by atoms with Gasteiger partial charge in [-0.2, -0.15) is 13.2 Å². The van der Waals surface area contributed by atoms with E-state index < -0.39 is 23.5 Å². The quantitative estimate of drug-likeness (QED) is 0.811. The average Bonchev–Trinajstić information content (AvgIpc) is 2.37. The summed E-state index contributed by atoms with van der Waals surface area (Å²) in [5.74, 6) is -1.72. The minimum Gasteiger partial charge on any atom is -0.322 e. The van der Waals surface area contributed by atoms with E-state index in [1.54, 1.807) is 0 Å². The second-order valence-electron chi connectivity index (χ2n) is 4.04. The van der Waals surface area contributed by atoms with Gasteiger partial charge >= 0.3 is 6.18 Å². The van der Waals surface area contributed by atoms with Crippen LogP contribution in [0.15, 0.2) is 41.1 Å². The standard InChI is InChI=1S/C13H7BrF4N2O/c14-8-3-7(13(16,17)18)4-9(5-8)20-12(21)10-1-2-19-6-11(10)15/h1-6H,(H,20,21). The van der Waals surface area contributed by atoms with Gasteiger partial charge in [0.15, 0.2) is 5.82 Å². The molecule has 1 N–H and O–H groups in total. The summed E-state index contributed by atoms with van der Waals surface area (Å²) in [7, 11) is 0. The molecule has 0 aliphatic heterocycles. The van der Waals surface area contributed by atoms with Crippen molar-refractivity contribution < 1.29 is 22.4 Å². The molecule has 2 rings (SSSR count). The summed E-state index contributed by atoms with van der Waals surface area (Å²) >= 11 is 2.93. The highest BCUT2D eigenvalue weighted by Gasteiger charge is 2.31. The molecule has 0 saturated heterocycles. The van der Waals surface area contributed by atoms with E-state index in [1.807, 2.05) is 0 Å². The van der Waals surface area contributed by atoms with Crippen LogP contribution in [-0.2, 0) is 6.18 Å². The third-order valence-corrected chi connectivity index (χ3v) is 2.96. The van der Waals surface area contributed by atoms with Crippen LogP contribution >= 0.6 is 15.9 Å². The Labute approximate surface area is 125 Å². The maximum atomic E-state index is 13.4. The summed E-state index contributed by atoms with van der Waals surface area (Å²) in [4.78, 5) is 15.3. The van der Waals surface area contributed by atoms with Crippen LogP contribution < -0.4 is 5.32 Å². The highest BCUT2D eigenvalue weighted by molar-refractivity contribution is 9.10. The number of nitrogens with one attached hydrogen (secondary N) is 1. The van der Waals surface area contributed by atoms with Crippen molar-refractivity contribution in [2.75, 3.05) is 5.32 Å². The van der Waals surface area contributed by atoms with Crippen LogP contribution in [0.3, 0.4) is 0 Å². The molecule has 21 heavy (non-hydrogen) atoms. The van der Waals surface area contributed by atoms with E-state index in [0.29, 0.717) is 0 Å². The van der Waals surface area contributed by atoms with Gasteiger partial charge in [-0.25, -0.2) is 4.39 Å². The van der Waals surface area contributed by atoms with E-state index in [9.17, 15) is 22.4 Å². The van der Waals surface area contributed by atoms with Gasteiger partial charge in [-0.3, -0.25) is 9.78 Å². The number of amides is 1. The van der Waals surface area contributed by atoms with Crippen LogP contribution in [0, 0.1) is 5.82 Å². The SMILES string of the molecule is O=C(Nc1cc(Br)cc(C(F)(F)F)c1)c1ccncc1F. The number of halogens is 5. The lowest BCUT2D eigenvalue weighted by atomic mass is 10.2. The van der Waals surface area contributed by atoms with Gasteiger partial charge in [0.25, 0.3) is 5.91 Å². The van der Waals surface area contributed by atoms with Crippen LogP contribution in [0.5, 0.6) is 0 Å². The first-order chi connectivity index (χ1) is 9.77. The maximum absolute atomic E-state index is 13.4. The molecule has 0 aliphatic rings. The molecule has 0 fully saturated rings. The summed E-state index contributed by atoms with van der Waals surface area (Å²) < 4.78 is 51.5. The molecule has 0 unspecified atom stereocenters. The lowest BCUT2D eigenvalue weighted by Gasteiger charge is -2.11. The topological polar surface area (TPSA) is 42.0 Å². The largest absolute Gasteiger partial charge is 0.416 e. The summed E-state index contributed by atoms with van der Waals surface area (Å²) in [5, 5.41) is 2.22. The van der Waals surface area contributed by atoms with Crippen LogP contribution in [0.25, 0.3) is 0 Å². The third kappa shape index (κ3) is 3.78. The fraction of sp³-hybridized carbons (Fsp3) is 0.0769. The normalized spacial score (nSPS) is 11.3. The lowest BCUT2D eigenvalue weighted by Crippen LogP contribution is -2.15. The summed E-state index contributed by atoms with van der Waals surface area (Å²) in [6.45, 7) is 0. The molecule has 0 atom stereocenters. The predicted octanol–water partition coefficient (Wildman–Crippen LogP) is 4.25. The van der Waals surface area contributed by atoms with Crippen molar-refractivity contribution in [3.05, 3.63) is 58.1 Å². The second kappa shape index (κ2) is 5.80. The molecule has 1 aromatic heterocycles. The molecule has 110 valence electrons. The number of nitrogens with zero attached hydrogens (tertiary/aromatic N) is 1. The van der Waals surface area contributed by atoms with Gasteiger partial charge in [-0.05, 0) is 24.3 Å². The van der Waals surface area contributed by atoms with Crippen molar-refractivity contribution in [2.24, 2.45) is 0 Å². The molecule has 0 spiro atoms. The van der Waals surface area contributed by atoms with Gasteiger partial charge in [0.2, 0.25) is 0 Å². The molecule has 1 heterocycles. The Morgan fingerprint density at radius 1 is 1.24 bits per heavy atom. The van der Waals surface area contributed by atoms with Crippen LogP contribution in [0.4, 0.5) is 23.2 Å². The molecule has 8 heteroatoms. The zero-order valence-electron chi connectivity index (χ0n) is 10.2. The van der Waals surface area contributed by atoms with Crippen molar-refractivity contribution in [3.63, 3.8) is 0 Å². The Bertz CT molecular complexity index is 688. The monoisotopic (exact) mass is 362 g/mol. The van der Waals surface area contributed by atoms with Gasteiger partial charge in [0.05, 0.1) is 17.3 Å². The Balaban J connectivity index is 2.30. The molecule has 0 aliphatic carbocycles. The Hall–Kier alpha value is -1.96. The molecule has 3 nitrogen and oxygen atoms in total. The minimum atomic E-state index is -4.55. The number of alkyl halides is 3. The van der Waals surface area contributed by atoms with E-state index in [2.05, 4.69) is 26.2 Å². The molecule has 1 amide bonds. The highest BCUT2D eigenvalue weighted by Crippen LogP contribution is 2.33. The number of benzene rings is 1. The molecule has 0 saturated carbocycles. The van der Waals surface area contributed by atoms with Crippen molar-refractivity contribution in [2.45, 2.75) is 6.18 Å². The van der Waals surface area contributed by atoms with Gasteiger partial charge in [-0.1, -0.05) is 15.9 Å². The van der Waals surface area contributed by atoms with E-state index in [-0.39, 0.29) is 15.7 Å². The lowest BCUT2D eigenvalue weighted by molar-refractivity contribution is -0.137. The van der Waals surface area contributed by atoms with Crippen molar-refractivity contribution in [1.29, 1.82) is 0 Å². The number of aromatic nitrogens is 1. The van der Waals surface area contributed by atoms with Crippen molar-refractivity contribution >= 4 is 27.5 Å². The molecule has 2 aromatic rings. The fourth-order valence-corrected chi connectivity index (χ4v) is 2.08. The molecule has 1 aromatic carbocycles. The Kier molecular flexibility index (Phi) is 4.26. The molecular formula is C13H7BrF4N2O. The van der Waals surface area contributed by atoms with E-state index >= 15 is 0 Å². The van der Waals surface area contributed by atoms with Crippen molar-refractivity contribution in [3.8, 4) is 0 Å². The summed E-state index contributed by atoms with van der Waals surface area (Å²) in [5.41, 5.74) is -1.33. The van der Waals surface area contributed by atoms with Gasteiger partial charge in [0, 0.05) is 16.4 Å². The second-order valence-corrected chi connectivity index (χ2v) is 4.95. The minimum absolute atomic E-state index is 0.0992. The molecular weight excluding hydrogens is 356 g/mol. The molecule has 0 bridgehead atoms. The Morgan fingerprint density at radius 3 is 2.57 bits per heavy atom. The maximum Gasteiger partial charge on any atom is 0.416 e. The van der Waals surface area contributed by atoms with Crippen molar-refractivity contribution in [1.82, 2.24) is 4.98 Å². The van der Waals surface area contributed by atoms with E-state index in [4.69, 9.17) is 0 Å². The smallest absolute Gasteiger partial charge is 0.322 e. The summed E-state index contributed by atoms with van der Waals surface area (Å²) in [6.07, 6.45) is -2.50. The van der Waals surface area contributed by atoms with E-state index in [1.165, 1.54) is 12.3 Å². The van der Waals surface area contributed by atoms with Crippen LogP contribution in [0.1, 0.15) is 15.9 Å².